The second-order valence-corrected chi connectivity index (χ2v) is 9.48. The monoisotopic (exact) mass is 538 g/mol. The van der Waals surface area contributed by atoms with Crippen LogP contribution in [0.25, 0.3) is 0 Å². The number of aromatic nitrogens is 2. The van der Waals surface area contributed by atoms with E-state index < -0.39 is 24.2 Å². The molecular formula is C23H19BrClF3N4O. The lowest BCUT2D eigenvalue weighted by Gasteiger charge is -2.33. The topological polar surface area (TPSA) is 50.2 Å². The van der Waals surface area contributed by atoms with Crippen molar-refractivity contribution in [3.8, 4) is 0 Å². The second kappa shape index (κ2) is 8.36. The molecule has 0 spiro atoms. The van der Waals surface area contributed by atoms with Crippen LogP contribution in [-0.2, 0) is 6.42 Å². The smallest absolute Gasteiger partial charge is 0.362 e. The Morgan fingerprint density at radius 1 is 1.15 bits per heavy atom. The van der Waals surface area contributed by atoms with Gasteiger partial charge < -0.3 is 10.2 Å². The average Bonchev–Trinajstić information content (AvgIpc) is 3.14. The molecule has 0 radical (unpaired) electrons. The molecular weight excluding hydrogens is 521 g/mol. The van der Waals surface area contributed by atoms with Crippen molar-refractivity contribution in [3.63, 3.8) is 0 Å². The molecule has 172 valence electrons. The molecule has 3 heterocycles. The maximum absolute atomic E-state index is 14.0. The highest BCUT2D eigenvalue weighted by molar-refractivity contribution is 9.10. The number of anilines is 2. The van der Waals surface area contributed by atoms with Crippen LogP contribution in [0.1, 0.15) is 46.5 Å². The summed E-state index contributed by atoms with van der Waals surface area (Å²) < 4.78 is 43.7. The number of alkyl halides is 3. The Labute approximate surface area is 201 Å². The highest BCUT2D eigenvalue weighted by Crippen LogP contribution is 2.46. The van der Waals surface area contributed by atoms with E-state index in [-0.39, 0.29) is 23.0 Å². The second-order valence-electron chi connectivity index (χ2n) is 8.19. The normalized spacial score (nSPS) is 20.1. The molecule has 0 aliphatic carbocycles. The summed E-state index contributed by atoms with van der Waals surface area (Å²) in [6.45, 7) is 0.450. The number of amides is 1. The number of carbonyl (C=O) groups excluding carboxylic acids is 1. The first-order chi connectivity index (χ1) is 15.7. The van der Waals surface area contributed by atoms with Gasteiger partial charge in [-0.15, -0.1) is 0 Å². The summed E-state index contributed by atoms with van der Waals surface area (Å²) in [5, 5.41) is 7.08. The zero-order chi connectivity index (χ0) is 23.3. The van der Waals surface area contributed by atoms with Crippen molar-refractivity contribution >= 4 is 44.9 Å². The zero-order valence-corrected chi connectivity index (χ0v) is 19.6. The Balaban J connectivity index is 1.55. The molecule has 0 fully saturated rings. The van der Waals surface area contributed by atoms with Crippen LogP contribution < -0.4 is 10.2 Å². The lowest BCUT2D eigenvalue weighted by Crippen LogP contribution is -2.37. The lowest BCUT2D eigenvalue weighted by molar-refractivity contribution is -0.173. The molecule has 3 aromatic rings. The van der Waals surface area contributed by atoms with Gasteiger partial charge in [0.15, 0.2) is 11.7 Å². The highest BCUT2D eigenvalue weighted by Gasteiger charge is 2.48. The third kappa shape index (κ3) is 4.01. The summed E-state index contributed by atoms with van der Waals surface area (Å²) in [6, 6.07) is 12.0. The van der Waals surface area contributed by atoms with Crippen molar-refractivity contribution in [2.75, 3.05) is 16.8 Å². The van der Waals surface area contributed by atoms with E-state index >= 15 is 0 Å². The summed E-state index contributed by atoms with van der Waals surface area (Å²) in [5.74, 6) is -0.497. The molecule has 2 aliphatic heterocycles. The maximum Gasteiger partial charge on any atom is 0.410 e. The molecule has 1 N–H and O–H groups in total. The predicted octanol–water partition coefficient (Wildman–Crippen LogP) is 6.55. The van der Waals surface area contributed by atoms with Crippen molar-refractivity contribution in [1.29, 1.82) is 0 Å². The number of aryl methyl sites for hydroxylation is 1. The Morgan fingerprint density at radius 2 is 1.88 bits per heavy atom. The molecule has 0 bridgehead atoms. The molecule has 2 aliphatic rings. The van der Waals surface area contributed by atoms with Crippen LogP contribution >= 0.6 is 27.5 Å². The maximum atomic E-state index is 14.0. The molecule has 10 heteroatoms. The van der Waals surface area contributed by atoms with Gasteiger partial charge in [0.25, 0.3) is 5.91 Å². The predicted molar refractivity (Wildman–Crippen MR) is 124 cm³/mol. The molecule has 5 nitrogen and oxygen atoms in total. The van der Waals surface area contributed by atoms with Gasteiger partial charge in [0.1, 0.15) is 10.8 Å². The van der Waals surface area contributed by atoms with Crippen LogP contribution in [0.4, 0.5) is 24.7 Å². The van der Waals surface area contributed by atoms with Gasteiger partial charge in [-0.25, -0.2) is 4.68 Å². The van der Waals surface area contributed by atoms with Gasteiger partial charge in [-0.1, -0.05) is 57.9 Å². The third-order valence-corrected chi connectivity index (χ3v) is 7.01. The van der Waals surface area contributed by atoms with Gasteiger partial charge in [0.05, 0.1) is 6.04 Å². The minimum atomic E-state index is -4.56. The largest absolute Gasteiger partial charge is 0.410 e. The van der Waals surface area contributed by atoms with Crippen molar-refractivity contribution in [2.45, 2.75) is 37.5 Å². The minimum absolute atomic E-state index is 0.00630. The summed E-state index contributed by atoms with van der Waals surface area (Å²) in [6.07, 6.45) is -3.24. The highest BCUT2D eigenvalue weighted by atomic mass is 79.9. The van der Waals surface area contributed by atoms with E-state index in [0.717, 1.165) is 33.2 Å². The van der Waals surface area contributed by atoms with E-state index in [1.165, 1.54) is 0 Å². The fourth-order valence-electron chi connectivity index (χ4n) is 4.51. The first-order valence-electron chi connectivity index (χ1n) is 10.5. The fraction of sp³-hybridized carbons (Fsp3) is 0.304. The SMILES string of the molecule is O=C(c1nn2c(c1Cl)N[C@@H](c1ccc(Br)cc1)C[C@H]2C(F)(F)F)N1CCCc2ccccc21. The standard InChI is InChI=1S/C23H19BrClF3N4O/c24-15-9-7-13(8-10-15)16-12-18(23(26,27)28)32-21(29-16)19(25)20(30-32)22(33)31-11-3-5-14-4-1-2-6-17(14)31/h1-2,4,6-10,16,18,29H,3,5,11-12H2/t16-,18+/m1/s1. The number of halogens is 5. The van der Waals surface area contributed by atoms with Crippen LogP contribution in [0.3, 0.4) is 0 Å². The number of carbonyl (C=O) groups is 1. The van der Waals surface area contributed by atoms with Gasteiger partial charge in [-0.05, 0) is 42.2 Å². The summed E-state index contributed by atoms with van der Waals surface area (Å²) in [5.41, 5.74) is 2.26. The Kier molecular flexibility index (Phi) is 5.64. The van der Waals surface area contributed by atoms with E-state index in [1.807, 2.05) is 24.3 Å². The van der Waals surface area contributed by atoms with Crippen LogP contribution in [-0.4, -0.2) is 28.4 Å². The number of rotatable bonds is 2. The molecule has 1 aromatic heterocycles. The van der Waals surface area contributed by atoms with E-state index in [1.54, 1.807) is 29.2 Å². The van der Waals surface area contributed by atoms with Gasteiger partial charge in [-0.3, -0.25) is 4.79 Å². The fourth-order valence-corrected chi connectivity index (χ4v) is 5.04. The summed E-state index contributed by atoms with van der Waals surface area (Å²) in [4.78, 5) is 14.9. The number of hydrogen-bond donors (Lipinski definition) is 1. The van der Waals surface area contributed by atoms with Crippen LogP contribution in [0.2, 0.25) is 5.02 Å². The minimum Gasteiger partial charge on any atom is -0.362 e. The summed E-state index contributed by atoms with van der Waals surface area (Å²) >= 11 is 9.85. The van der Waals surface area contributed by atoms with Gasteiger partial charge in [0.2, 0.25) is 0 Å². The van der Waals surface area contributed by atoms with E-state index in [4.69, 9.17) is 11.6 Å². The number of hydrogen-bond acceptors (Lipinski definition) is 3. The van der Waals surface area contributed by atoms with E-state index in [2.05, 4.69) is 26.3 Å². The molecule has 0 unspecified atom stereocenters. The Bertz CT molecular complexity index is 1210. The number of benzene rings is 2. The first kappa shape index (κ1) is 22.3. The summed E-state index contributed by atoms with van der Waals surface area (Å²) in [7, 11) is 0. The van der Waals surface area contributed by atoms with Crippen molar-refractivity contribution in [3.05, 3.63) is 74.8 Å². The number of nitrogens with one attached hydrogen (secondary N) is 1. The van der Waals surface area contributed by atoms with Crippen LogP contribution in [0.15, 0.2) is 53.0 Å². The van der Waals surface area contributed by atoms with E-state index in [0.29, 0.717) is 12.1 Å². The number of nitrogens with zero attached hydrogens (tertiary/aromatic N) is 3. The van der Waals surface area contributed by atoms with Crippen molar-refractivity contribution in [2.24, 2.45) is 0 Å². The molecule has 0 saturated carbocycles. The molecule has 2 atom stereocenters. The first-order valence-corrected chi connectivity index (χ1v) is 11.7. The zero-order valence-electron chi connectivity index (χ0n) is 17.2. The van der Waals surface area contributed by atoms with Crippen LogP contribution in [0, 0.1) is 0 Å². The lowest BCUT2D eigenvalue weighted by atomic mass is 9.97. The van der Waals surface area contributed by atoms with Crippen molar-refractivity contribution in [1.82, 2.24) is 9.78 Å². The van der Waals surface area contributed by atoms with Gasteiger partial charge in [0, 0.05) is 23.1 Å². The Hall–Kier alpha value is -2.52. The molecule has 5 rings (SSSR count). The Morgan fingerprint density at radius 3 is 2.61 bits per heavy atom. The van der Waals surface area contributed by atoms with Crippen LogP contribution in [0.5, 0.6) is 0 Å². The average molecular weight is 540 g/mol. The third-order valence-electron chi connectivity index (χ3n) is 6.13. The molecule has 2 aromatic carbocycles. The quantitative estimate of drug-likeness (QED) is 0.402. The molecule has 0 saturated heterocycles. The van der Waals surface area contributed by atoms with Gasteiger partial charge in [-0.2, -0.15) is 18.3 Å². The molecule has 33 heavy (non-hydrogen) atoms. The number of fused-ring (bicyclic) bond motifs is 2. The number of para-hydroxylation sites is 1. The van der Waals surface area contributed by atoms with Gasteiger partial charge >= 0.3 is 6.18 Å². The van der Waals surface area contributed by atoms with Crippen molar-refractivity contribution < 1.29 is 18.0 Å². The van der Waals surface area contributed by atoms with E-state index in [9.17, 15) is 18.0 Å². The molecule has 1 amide bonds.